The largest absolute Gasteiger partial charge is 0.331 e. The van der Waals surface area contributed by atoms with Crippen LogP contribution in [-0.4, -0.2) is 15.8 Å². The summed E-state index contributed by atoms with van der Waals surface area (Å²) in [5.41, 5.74) is 4.16. The van der Waals surface area contributed by atoms with Gasteiger partial charge in [0.1, 0.15) is 0 Å². The third-order valence-electron chi connectivity index (χ3n) is 4.68. The van der Waals surface area contributed by atoms with Crippen LogP contribution in [0.2, 0.25) is 5.02 Å². The topological polar surface area (TPSA) is 97.2 Å². The highest BCUT2D eigenvalue weighted by molar-refractivity contribution is 7.14. The molecule has 0 aliphatic carbocycles. The Bertz CT molecular complexity index is 1320. The second-order valence-electron chi connectivity index (χ2n) is 6.96. The van der Waals surface area contributed by atoms with Gasteiger partial charge in [-0.25, -0.2) is 4.98 Å². The van der Waals surface area contributed by atoms with Crippen LogP contribution >= 0.6 is 22.9 Å². The van der Waals surface area contributed by atoms with Gasteiger partial charge >= 0.3 is 0 Å². The van der Waals surface area contributed by atoms with Crippen molar-refractivity contribution in [1.82, 2.24) is 4.98 Å². The molecule has 1 heterocycles. The Morgan fingerprint density at radius 2 is 1.91 bits per heavy atom. The number of halogens is 1. The lowest BCUT2D eigenvalue weighted by Gasteiger charge is -2.07. The molecular formula is C23H17ClN4O3S. The Balaban J connectivity index is 1.51. The first-order chi connectivity index (χ1) is 15.4. The Labute approximate surface area is 192 Å². The molecule has 7 nitrogen and oxygen atoms in total. The molecule has 0 unspecified atom stereocenters. The number of hydrogen-bond acceptors (Lipinski definition) is 6. The van der Waals surface area contributed by atoms with Crippen LogP contribution < -0.4 is 10.6 Å². The van der Waals surface area contributed by atoms with Gasteiger partial charge in [-0.3, -0.25) is 14.9 Å². The molecule has 0 saturated heterocycles. The van der Waals surface area contributed by atoms with Crippen molar-refractivity contribution in [3.63, 3.8) is 0 Å². The van der Waals surface area contributed by atoms with E-state index in [-0.39, 0.29) is 11.3 Å². The van der Waals surface area contributed by atoms with Gasteiger partial charge in [0.15, 0.2) is 5.13 Å². The number of anilines is 3. The van der Waals surface area contributed by atoms with Crippen LogP contribution in [0, 0.1) is 17.0 Å². The number of aryl methyl sites for hydroxylation is 1. The van der Waals surface area contributed by atoms with Crippen LogP contribution in [0.1, 0.15) is 15.9 Å². The van der Waals surface area contributed by atoms with Crippen molar-refractivity contribution in [3.05, 3.63) is 98.4 Å². The summed E-state index contributed by atoms with van der Waals surface area (Å²) in [6, 6.07) is 18.5. The summed E-state index contributed by atoms with van der Waals surface area (Å²) in [7, 11) is 0. The van der Waals surface area contributed by atoms with Crippen molar-refractivity contribution < 1.29 is 9.72 Å². The van der Waals surface area contributed by atoms with Gasteiger partial charge in [-0.05, 0) is 42.8 Å². The number of carbonyl (C=O) groups is 1. The van der Waals surface area contributed by atoms with Crippen molar-refractivity contribution in [1.29, 1.82) is 0 Å². The Morgan fingerprint density at radius 1 is 1.09 bits per heavy atom. The molecule has 0 fully saturated rings. The van der Waals surface area contributed by atoms with E-state index in [1.54, 1.807) is 12.1 Å². The second kappa shape index (κ2) is 9.17. The quantitative estimate of drug-likeness (QED) is 0.245. The monoisotopic (exact) mass is 464 g/mol. The number of amides is 1. The van der Waals surface area contributed by atoms with Gasteiger partial charge < -0.3 is 10.6 Å². The lowest BCUT2D eigenvalue weighted by molar-refractivity contribution is -0.384. The van der Waals surface area contributed by atoms with Gasteiger partial charge in [0.05, 0.1) is 10.6 Å². The smallest absolute Gasteiger partial charge is 0.270 e. The Morgan fingerprint density at radius 3 is 2.72 bits per heavy atom. The minimum absolute atomic E-state index is 0.135. The number of hydrogen-bond donors (Lipinski definition) is 2. The van der Waals surface area contributed by atoms with Crippen LogP contribution in [0.5, 0.6) is 0 Å². The van der Waals surface area contributed by atoms with Gasteiger partial charge in [0.25, 0.3) is 11.6 Å². The average molecular weight is 465 g/mol. The van der Waals surface area contributed by atoms with Crippen molar-refractivity contribution in [2.45, 2.75) is 6.92 Å². The molecule has 4 rings (SSSR count). The van der Waals surface area contributed by atoms with E-state index >= 15 is 0 Å². The number of nitrogens with zero attached hydrogens (tertiary/aromatic N) is 2. The molecule has 0 spiro atoms. The third-order valence-corrected chi connectivity index (χ3v) is 5.67. The zero-order chi connectivity index (χ0) is 22.7. The van der Waals surface area contributed by atoms with E-state index in [0.29, 0.717) is 10.7 Å². The lowest BCUT2D eigenvalue weighted by atomic mass is 10.1. The van der Waals surface area contributed by atoms with Crippen molar-refractivity contribution in [3.8, 4) is 11.3 Å². The number of rotatable bonds is 6. The maximum Gasteiger partial charge on any atom is 0.270 e. The van der Waals surface area contributed by atoms with E-state index in [4.69, 9.17) is 11.6 Å². The van der Waals surface area contributed by atoms with Crippen molar-refractivity contribution in [2.24, 2.45) is 0 Å². The second-order valence-corrected chi connectivity index (χ2v) is 8.26. The number of nitro groups is 1. The molecule has 1 amide bonds. The minimum atomic E-state index is -0.532. The molecule has 9 heteroatoms. The summed E-state index contributed by atoms with van der Waals surface area (Å²) in [4.78, 5) is 27.6. The normalized spacial score (nSPS) is 10.6. The third kappa shape index (κ3) is 4.93. The van der Waals surface area contributed by atoms with Crippen molar-refractivity contribution >= 4 is 51.0 Å². The highest BCUT2D eigenvalue weighted by Crippen LogP contribution is 2.30. The summed E-state index contributed by atoms with van der Waals surface area (Å²) >= 11 is 7.54. The van der Waals surface area contributed by atoms with Crippen LogP contribution in [0.4, 0.5) is 22.2 Å². The number of nitrogens with one attached hydrogen (secondary N) is 2. The Kier molecular flexibility index (Phi) is 6.16. The summed E-state index contributed by atoms with van der Waals surface area (Å²) in [6.45, 7) is 1.99. The van der Waals surface area contributed by atoms with Crippen molar-refractivity contribution in [2.75, 3.05) is 10.6 Å². The van der Waals surface area contributed by atoms with E-state index in [2.05, 4.69) is 15.6 Å². The van der Waals surface area contributed by atoms with E-state index < -0.39 is 10.8 Å². The summed E-state index contributed by atoms with van der Waals surface area (Å²) < 4.78 is 0. The Hall–Kier alpha value is -3.75. The van der Waals surface area contributed by atoms with Gasteiger partial charge in [-0.2, -0.15) is 0 Å². The SMILES string of the molecule is Cc1ccc(Cl)cc1Nc1nc(-c2cccc(NC(=O)c3cccc([N+](=O)[O-])c3)c2)cs1. The highest BCUT2D eigenvalue weighted by Gasteiger charge is 2.13. The van der Waals surface area contributed by atoms with Crippen LogP contribution in [-0.2, 0) is 0 Å². The molecule has 0 radical (unpaired) electrons. The van der Waals surface area contributed by atoms with Gasteiger partial charge in [0, 0.05) is 45.0 Å². The first-order valence-corrected chi connectivity index (χ1v) is 10.8. The minimum Gasteiger partial charge on any atom is -0.331 e. The molecule has 0 aliphatic rings. The number of nitro benzene ring substituents is 1. The van der Waals surface area contributed by atoms with Crippen LogP contribution in [0.15, 0.2) is 72.1 Å². The van der Waals surface area contributed by atoms with Gasteiger partial charge in [-0.1, -0.05) is 35.9 Å². The maximum absolute atomic E-state index is 12.5. The zero-order valence-electron chi connectivity index (χ0n) is 16.8. The fourth-order valence-corrected chi connectivity index (χ4v) is 3.93. The van der Waals surface area contributed by atoms with Crippen LogP contribution in [0.3, 0.4) is 0 Å². The highest BCUT2D eigenvalue weighted by atomic mass is 35.5. The first kappa shape index (κ1) is 21.5. The zero-order valence-corrected chi connectivity index (χ0v) is 18.4. The fourth-order valence-electron chi connectivity index (χ4n) is 3.03. The van der Waals surface area contributed by atoms with Gasteiger partial charge in [0.2, 0.25) is 0 Å². The molecule has 160 valence electrons. The maximum atomic E-state index is 12.5. The molecular weight excluding hydrogens is 448 g/mol. The molecule has 0 atom stereocenters. The molecule has 0 bridgehead atoms. The predicted molar refractivity (Wildman–Crippen MR) is 128 cm³/mol. The summed E-state index contributed by atoms with van der Waals surface area (Å²) in [5, 5.41) is 20.3. The standard InChI is InChI=1S/C23H17ClN4O3S/c1-14-8-9-17(24)12-20(14)26-23-27-21(13-32-23)15-4-2-6-18(10-15)25-22(29)16-5-3-7-19(11-16)28(30)31/h2-13H,1H3,(H,25,29)(H,26,27). The molecule has 1 aromatic heterocycles. The van der Waals surface area contributed by atoms with Gasteiger partial charge in [-0.15, -0.1) is 11.3 Å². The molecule has 0 aliphatic heterocycles. The number of thiazole rings is 1. The predicted octanol–water partition coefficient (Wildman–Crippen LogP) is 6.68. The summed E-state index contributed by atoms with van der Waals surface area (Å²) in [6.07, 6.45) is 0. The average Bonchev–Trinajstić information content (AvgIpc) is 3.25. The molecule has 2 N–H and O–H groups in total. The number of benzene rings is 3. The number of carbonyl (C=O) groups excluding carboxylic acids is 1. The number of non-ortho nitro benzene ring substituents is 1. The van der Waals surface area contributed by atoms with E-state index in [0.717, 1.165) is 27.6 Å². The lowest BCUT2D eigenvalue weighted by Crippen LogP contribution is -2.12. The van der Waals surface area contributed by atoms with E-state index in [1.165, 1.54) is 35.6 Å². The van der Waals surface area contributed by atoms with Crippen LogP contribution in [0.25, 0.3) is 11.3 Å². The summed E-state index contributed by atoms with van der Waals surface area (Å²) in [5.74, 6) is -0.428. The fraction of sp³-hybridized carbons (Fsp3) is 0.0435. The molecule has 32 heavy (non-hydrogen) atoms. The van der Waals surface area contributed by atoms with E-state index in [9.17, 15) is 14.9 Å². The molecule has 3 aromatic carbocycles. The van der Waals surface area contributed by atoms with E-state index in [1.807, 2.05) is 42.6 Å². The first-order valence-electron chi connectivity index (χ1n) is 9.54. The molecule has 4 aromatic rings. The molecule has 0 saturated carbocycles. The number of aromatic nitrogens is 1.